The molecule has 2 nitrogen and oxygen atoms in total. The molecule has 1 aromatic rings. The van der Waals surface area contributed by atoms with Crippen LogP contribution < -0.4 is 0 Å². The topological polar surface area (TPSA) is 6.48 Å². The average molecular weight is 325 g/mol. The zero-order valence-corrected chi connectivity index (χ0v) is 13.6. The van der Waals surface area contributed by atoms with Crippen LogP contribution in [0, 0.1) is 0 Å². The van der Waals surface area contributed by atoms with Gasteiger partial charge in [0.1, 0.15) is 0 Å². The highest BCUT2D eigenvalue weighted by molar-refractivity contribution is 9.09. The van der Waals surface area contributed by atoms with Gasteiger partial charge in [0.2, 0.25) is 0 Å². The maximum Gasteiger partial charge on any atom is 0.0195 e. The number of hydrogen-bond donors (Lipinski definition) is 0. The zero-order chi connectivity index (χ0) is 13.7. The van der Waals surface area contributed by atoms with Gasteiger partial charge in [0.05, 0.1) is 0 Å². The van der Waals surface area contributed by atoms with Crippen molar-refractivity contribution in [2.75, 3.05) is 38.6 Å². The van der Waals surface area contributed by atoms with Crippen molar-refractivity contribution in [2.45, 2.75) is 25.3 Å². The molecule has 0 amide bonds. The van der Waals surface area contributed by atoms with E-state index in [-0.39, 0.29) is 0 Å². The fourth-order valence-corrected chi connectivity index (χ4v) is 3.52. The van der Waals surface area contributed by atoms with Gasteiger partial charge < -0.3 is 4.90 Å². The third-order valence-corrected chi connectivity index (χ3v) is 4.88. The highest BCUT2D eigenvalue weighted by Gasteiger charge is 2.22. The van der Waals surface area contributed by atoms with Crippen molar-refractivity contribution < 1.29 is 0 Å². The Morgan fingerprint density at radius 1 is 1.26 bits per heavy atom. The summed E-state index contributed by atoms with van der Waals surface area (Å²) in [6, 6.07) is 11.5. The Labute approximate surface area is 125 Å². The molecular weight excluding hydrogens is 300 g/mol. The number of rotatable bonds is 4. The van der Waals surface area contributed by atoms with Crippen molar-refractivity contribution >= 4 is 15.9 Å². The molecule has 0 N–H and O–H groups in total. The minimum atomic E-state index is 0.590. The fourth-order valence-electron chi connectivity index (χ4n) is 2.94. The number of halogens is 1. The SMILES string of the molecule is CC1CN(C)CCCN1CC(CBr)c1ccccc1. The van der Waals surface area contributed by atoms with Gasteiger partial charge in [0.25, 0.3) is 0 Å². The summed E-state index contributed by atoms with van der Waals surface area (Å²) in [6.45, 7) is 7.15. The van der Waals surface area contributed by atoms with Crippen molar-refractivity contribution in [3.63, 3.8) is 0 Å². The van der Waals surface area contributed by atoms with Crippen LogP contribution >= 0.6 is 15.9 Å². The van der Waals surface area contributed by atoms with Crippen LogP contribution in [0.4, 0.5) is 0 Å². The normalized spacial score (nSPS) is 24.1. The Bertz CT molecular complexity index is 368. The lowest BCUT2D eigenvalue weighted by Gasteiger charge is -2.31. The quantitative estimate of drug-likeness (QED) is 0.785. The van der Waals surface area contributed by atoms with E-state index in [1.165, 1.54) is 31.6 Å². The Hall–Kier alpha value is -0.380. The molecule has 1 fully saturated rings. The molecule has 0 aliphatic carbocycles. The van der Waals surface area contributed by atoms with Crippen LogP contribution in [0.5, 0.6) is 0 Å². The second-order valence-corrected chi connectivity index (χ2v) is 6.37. The number of hydrogen-bond acceptors (Lipinski definition) is 2. The molecule has 1 aliphatic heterocycles. The predicted octanol–water partition coefficient (Wildman–Crippen LogP) is 3.19. The molecule has 1 aliphatic rings. The van der Waals surface area contributed by atoms with Crippen LogP contribution in [0.25, 0.3) is 0 Å². The lowest BCUT2D eigenvalue weighted by atomic mass is 10.00. The lowest BCUT2D eigenvalue weighted by molar-refractivity contribution is 0.195. The third-order valence-electron chi connectivity index (χ3n) is 4.10. The predicted molar refractivity (Wildman–Crippen MR) is 86.1 cm³/mol. The summed E-state index contributed by atoms with van der Waals surface area (Å²) in [7, 11) is 2.24. The highest BCUT2D eigenvalue weighted by atomic mass is 79.9. The van der Waals surface area contributed by atoms with Gasteiger partial charge in [-0.3, -0.25) is 4.90 Å². The molecule has 0 bridgehead atoms. The van der Waals surface area contributed by atoms with Crippen LogP contribution in [-0.4, -0.2) is 54.4 Å². The van der Waals surface area contributed by atoms with Crippen LogP contribution in [0.3, 0.4) is 0 Å². The second kappa shape index (κ2) is 7.41. The molecule has 2 atom stereocenters. The molecule has 19 heavy (non-hydrogen) atoms. The second-order valence-electron chi connectivity index (χ2n) is 5.72. The van der Waals surface area contributed by atoms with E-state index in [9.17, 15) is 0 Å². The van der Waals surface area contributed by atoms with Gasteiger partial charge in [-0.1, -0.05) is 46.3 Å². The van der Waals surface area contributed by atoms with Gasteiger partial charge in [-0.2, -0.15) is 0 Å². The van der Waals surface area contributed by atoms with Crippen LogP contribution in [-0.2, 0) is 0 Å². The van der Waals surface area contributed by atoms with E-state index in [0.29, 0.717) is 12.0 Å². The summed E-state index contributed by atoms with van der Waals surface area (Å²) in [4.78, 5) is 5.11. The molecule has 0 radical (unpaired) electrons. The first-order valence-electron chi connectivity index (χ1n) is 7.24. The standard InChI is InChI=1S/C16H25BrN2/c1-14-12-18(2)9-6-10-19(14)13-16(11-17)15-7-4-3-5-8-15/h3-5,7-8,14,16H,6,9-13H2,1-2H3. The van der Waals surface area contributed by atoms with Crippen molar-refractivity contribution in [2.24, 2.45) is 0 Å². The number of nitrogens with zero attached hydrogens (tertiary/aromatic N) is 2. The summed E-state index contributed by atoms with van der Waals surface area (Å²) in [5.41, 5.74) is 1.45. The Morgan fingerprint density at radius 2 is 2.00 bits per heavy atom. The Kier molecular flexibility index (Phi) is 5.86. The maximum absolute atomic E-state index is 3.69. The van der Waals surface area contributed by atoms with Gasteiger partial charge in [-0.25, -0.2) is 0 Å². The molecule has 1 saturated heterocycles. The summed E-state index contributed by atoms with van der Waals surface area (Å²) in [5, 5.41) is 1.04. The molecular formula is C16H25BrN2. The summed E-state index contributed by atoms with van der Waals surface area (Å²) in [6.07, 6.45) is 1.28. The summed E-state index contributed by atoms with van der Waals surface area (Å²) >= 11 is 3.69. The van der Waals surface area contributed by atoms with E-state index in [1.54, 1.807) is 0 Å². The molecule has 2 rings (SSSR count). The van der Waals surface area contributed by atoms with E-state index in [1.807, 2.05) is 0 Å². The minimum absolute atomic E-state index is 0.590. The maximum atomic E-state index is 3.69. The first-order valence-corrected chi connectivity index (χ1v) is 8.36. The highest BCUT2D eigenvalue weighted by Crippen LogP contribution is 2.21. The average Bonchev–Trinajstić information content (AvgIpc) is 2.58. The number of benzene rings is 1. The largest absolute Gasteiger partial charge is 0.305 e. The smallest absolute Gasteiger partial charge is 0.0195 e. The molecule has 0 saturated carbocycles. The third kappa shape index (κ3) is 4.30. The van der Waals surface area contributed by atoms with Crippen LogP contribution in [0.2, 0.25) is 0 Å². The molecule has 0 spiro atoms. The van der Waals surface area contributed by atoms with Crippen LogP contribution in [0.1, 0.15) is 24.8 Å². The zero-order valence-electron chi connectivity index (χ0n) is 12.1. The lowest BCUT2D eigenvalue weighted by Crippen LogP contribution is -2.40. The van der Waals surface area contributed by atoms with Crippen molar-refractivity contribution in [1.29, 1.82) is 0 Å². The molecule has 1 heterocycles. The first-order chi connectivity index (χ1) is 9.20. The molecule has 106 valence electrons. The van der Waals surface area contributed by atoms with E-state index in [0.717, 1.165) is 11.9 Å². The van der Waals surface area contributed by atoms with Crippen LogP contribution in [0.15, 0.2) is 30.3 Å². The van der Waals surface area contributed by atoms with E-state index < -0.39 is 0 Å². The van der Waals surface area contributed by atoms with Gasteiger partial charge in [-0.15, -0.1) is 0 Å². The molecule has 2 unspecified atom stereocenters. The van der Waals surface area contributed by atoms with E-state index in [2.05, 4.69) is 70.0 Å². The van der Waals surface area contributed by atoms with Gasteiger partial charge in [0, 0.05) is 30.4 Å². The van der Waals surface area contributed by atoms with E-state index >= 15 is 0 Å². The Balaban J connectivity index is 2.01. The van der Waals surface area contributed by atoms with E-state index in [4.69, 9.17) is 0 Å². The molecule has 0 aromatic heterocycles. The number of likely N-dealkylation sites (N-methyl/N-ethyl adjacent to an activating group) is 1. The first kappa shape index (κ1) is 15.0. The monoisotopic (exact) mass is 324 g/mol. The molecule has 3 heteroatoms. The number of alkyl halides is 1. The van der Waals surface area contributed by atoms with Crippen molar-refractivity contribution in [1.82, 2.24) is 9.80 Å². The van der Waals surface area contributed by atoms with Gasteiger partial charge >= 0.3 is 0 Å². The fraction of sp³-hybridized carbons (Fsp3) is 0.625. The van der Waals surface area contributed by atoms with Gasteiger partial charge in [0.15, 0.2) is 0 Å². The summed E-state index contributed by atoms with van der Waals surface area (Å²) in [5.74, 6) is 0.590. The Morgan fingerprint density at radius 3 is 2.68 bits per heavy atom. The van der Waals surface area contributed by atoms with Crippen molar-refractivity contribution in [3.8, 4) is 0 Å². The van der Waals surface area contributed by atoms with Crippen molar-refractivity contribution in [3.05, 3.63) is 35.9 Å². The minimum Gasteiger partial charge on any atom is -0.305 e. The molecule has 1 aromatic carbocycles. The summed E-state index contributed by atoms with van der Waals surface area (Å²) < 4.78 is 0. The van der Waals surface area contributed by atoms with Gasteiger partial charge in [-0.05, 0) is 39.0 Å².